The molecule has 4 rings (SSSR count). The molecule has 6 nitrogen and oxygen atoms in total. The highest BCUT2D eigenvalue weighted by Gasteiger charge is 2.49. The van der Waals surface area contributed by atoms with Crippen LogP contribution in [0.4, 0.5) is 4.39 Å². The number of carbonyl (C=O) groups is 1. The number of rotatable bonds is 6. The van der Waals surface area contributed by atoms with Gasteiger partial charge < -0.3 is 14.8 Å². The highest BCUT2D eigenvalue weighted by molar-refractivity contribution is 6.31. The Labute approximate surface area is 182 Å². The van der Waals surface area contributed by atoms with E-state index in [1.54, 1.807) is 12.1 Å². The highest BCUT2D eigenvalue weighted by atomic mass is 35.5. The first-order valence-electron chi connectivity index (χ1n) is 10.9. The zero-order valence-corrected chi connectivity index (χ0v) is 18.3. The van der Waals surface area contributed by atoms with Gasteiger partial charge in [-0.1, -0.05) is 17.7 Å². The molecule has 1 N–H and O–H groups in total. The first-order chi connectivity index (χ1) is 14.5. The number of nitrogens with one attached hydrogen (secondary N) is 1. The molecule has 2 saturated heterocycles. The first kappa shape index (κ1) is 22.0. The van der Waals surface area contributed by atoms with E-state index in [2.05, 4.69) is 15.1 Å². The number of halogens is 2. The van der Waals surface area contributed by atoms with Crippen molar-refractivity contribution in [2.45, 2.75) is 43.9 Å². The van der Waals surface area contributed by atoms with Gasteiger partial charge in [-0.15, -0.1) is 0 Å². The first-order valence-corrected chi connectivity index (χ1v) is 11.3. The van der Waals surface area contributed by atoms with Gasteiger partial charge in [0.15, 0.2) is 0 Å². The van der Waals surface area contributed by atoms with E-state index in [1.165, 1.54) is 6.07 Å². The number of hydrogen-bond donors (Lipinski definition) is 1. The van der Waals surface area contributed by atoms with Crippen molar-refractivity contribution in [2.75, 3.05) is 52.5 Å². The zero-order valence-electron chi connectivity index (χ0n) is 17.5. The van der Waals surface area contributed by atoms with Crippen LogP contribution in [-0.2, 0) is 14.3 Å². The van der Waals surface area contributed by atoms with Crippen LogP contribution < -0.4 is 5.32 Å². The van der Waals surface area contributed by atoms with Gasteiger partial charge in [-0.3, -0.25) is 14.6 Å². The quantitative estimate of drug-likeness (QED) is 0.738. The van der Waals surface area contributed by atoms with Gasteiger partial charge in [0, 0.05) is 43.3 Å². The molecule has 3 fully saturated rings. The van der Waals surface area contributed by atoms with Crippen LogP contribution in [0.15, 0.2) is 18.2 Å². The van der Waals surface area contributed by atoms with Gasteiger partial charge in [0.2, 0.25) is 5.91 Å². The lowest BCUT2D eigenvalue weighted by Gasteiger charge is -2.50. The minimum absolute atomic E-state index is 0.0365. The van der Waals surface area contributed by atoms with Crippen molar-refractivity contribution in [1.29, 1.82) is 0 Å². The predicted octanol–water partition coefficient (Wildman–Crippen LogP) is 2.61. The average molecular weight is 440 g/mol. The highest BCUT2D eigenvalue weighted by Crippen LogP contribution is 2.39. The molecular weight excluding hydrogens is 409 g/mol. The molecule has 0 spiro atoms. The Morgan fingerprint density at radius 1 is 1.30 bits per heavy atom. The molecule has 1 saturated carbocycles. The summed E-state index contributed by atoms with van der Waals surface area (Å²) in [6.07, 6.45) is 2.82. The fourth-order valence-electron chi connectivity index (χ4n) is 4.92. The summed E-state index contributed by atoms with van der Waals surface area (Å²) in [7, 11) is 0. The maximum atomic E-state index is 14.8. The molecule has 1 aliphatic carbocycles. The second-order valence-electron chi connectivity index (χ2n) is 8.52. The Hall–Kier alpha value is -1.25. The largest absolute Gasteiger partial charge is 0.379 e. The molecule has 2 heterocycles. The Morgan fingerprint density at radius 3 is 2.70 bits per heavy atom. The molecule has 8 heteroatoms. The number of hydrogen-bond acceptors (Lipinski definition) is 5. The van der Waals surface area contributed by atoms with Crippen LogP contribution >= 0.6 is 11.6 Å². The lowest BCUT2D eigenvalue weighted by atomic mass is 9.74. The Bertz CT molecular complexity index is 735. The summed E-state index contributed by atoms with van der Waals surface area (Å²) >= 11 is 6.41. The molecule has 1 aromatic rings. The molecule has 1 amide bonds. The molecule has 0 radical (unpaired) electrons. The van der Waals surface area contributed by atoms with E-state index in [9.17, 15) is 9.18 Å². The van der Waals surface area contributed by atoms with Crippen molar-refractivity contribution in [3.8, 4) is 0 Å². The lowest BCUT2D eigenvalue weighted by Crippen LogP contribution is -2.65. The third-order valence-electron chi connectivity index (χ3n) is 6.72. The Balaban J connectivity index is 1.52. The van der Waals surface area contributed by atoms with E-state index in [-0.39, 0.29) is 23.9 Å². The van der Waals surface area contributed by atoms with E-state index in [0.29, 0.717) is 50.0 Å². The maximum Gasteiger partial charge on any atom is 0.240 e. The van der Waals surface area contributed by atoms with Crippen LogP contribution in [-0.4, -0.2) is 79.9 Å². The molecule has 0 aromatic heterocycles. The minimum Gasteiger partial charge on any atom is -0.379 e. The summed E-state index contributed by atoms with van der Waals surface area (Å²) in [5, 5.41) is 3.55. The van der Waals surface area contributed by atoms with Crippen LogP contribution in [0.25, 0.3) is 0 Å². The molecule has 166 valence electrons. The maximum absolute atomic E-state index is 14.8. The van der Waals surface area contributed by atoms with Gasteiger partial charge in [-0.25, -0.2) is 4.39 Å². The second kappa shape index (κ2) is 9.49. The summed E-state index contributed by atoms with van der Waals surface area (Å²) in [4.78, 5) is 17.8. The fourth-order valence-corrected chi connectivity index (χ4v) is 5.20. The Kier molecular flexibility index (Phi) is 6.95. The molecule has 30 heavy (non-hydrogen) atoms. The standard InChI is InChI=1S/C22H31ClFN3O3/c1-16-15-26(8-13-30-16)19(20-17(23)4-2-5-18(20)24)14-25-21(28)22(6-3-7-22)27-9-11-29-12-10-27/h2,4-5,16,19H,3,6-15H2,1H3,(H,25,28)/t16-,19+/m1/s1. The second-order valence-corrected chi connectivity index (χ2v) is 8.93. The van der Waals surface area contributed by atoms with Gasteiger partial charge in [-0.2, -0.15) is 0 Å². The van der Waals surface area contributed by atoms with Gasteiger partial charge in [-0.05, 0) is 38.3 Å². The summed E-state index contributed by atoms with van der Waals surface area (Å²) in [6, 6.07) is 4.41. The molecular formula is C22H31ClFN3O3. The smallest absolute Gasteiger partial charge is 0.240 e. The molecule has 3 aliphatic rings. The summed E-state index contributed by atoms with van der Waals surface area (Å²) in [5.41, 5.74) is -0.00587. The zero-order chi connectivity index (χ0) is 21.1. The van der Waals surface area contributed by atoms with Crippen LogP contribution in [0.3, 0.4) is 0 Å². The van der Waals surface area contributed by atoms with E-state index in [1.807, 2.05) is 6.92 Å². The number of morpholine rings is 2. The normalized spacial score (nSPS) is 26.0. The van der Waals surface area contributed by atoms with E-state index in [4.69, 9.17) is 21.1 Å². The van der Waals surface area contributed by atoms with Crippen molar-refractivity contribution in [2.24, 2.45) is 0 Å². The number of nitrogens with zero attached hydrogens (tertiary/aromatic N) is 2. The van der Waals surface area contributed by atoms with Gasteiger partial charge >= 0.3 is 0 Å². The average Bonchev–Trinajstić information content (AvgIpc) is 2.70. The van der Waals surface area contributed by atoms with Crippen molar-refractivity contribution in [3.05, 3.63) is 34.6 Å². The van der Waals surface area contributed by atoms with Crippen molar-refractivity contribution in [1.82, 2.24) is 15.1 Å². The van der Waals surface area contributed by atoms with E-state index >= 15 is 0 Å². The van der Waals surface area contributed by atoms with E-state index in [0.717, 1.165) is 32.4 Å². The summed E-state index contributed by atoms with van der Waals surface area (Å²) in [6.45, 7) is 7.11. The van der Waals surface area contributed by atoms with Gasteiger partial charge in [0.25, 0.3) is 0 Å². The van der Waals surface area contributed by atoms with Crippen LogP contribution in [0.2, 0.25) is 5.02 Å². The SMILES string of the molecule is C[C@@H]1CN([C@@H](CNC(=O)C2(N3CCOCC3)CCC2)c2c(F)cccc2Cl)CCO1. The minimum atomic E-state index is -0.453. The third kappa shape index (κ3) is 4.36. The topological polar surface area (TPSA) is 54.0 Å². The van der Waals surface area contributed by atoms with Gasteiger partial charge in [0.05, 0.1) is 32.0 Å². The number of amides is 1. The predicted molar refractivity (Wildman–Crippen MR) is 113 cm³/mol. The number of benzene rings is 1. The molecule has 1 aromatic carbocycles. The van der Waals surface area contributed by atoms with Gasteiger partial charge in [0.1, 0.15) is 11.4 Å². The summed E-state index contributed by atoms with van der Waals surface area (Å²) < 4.78 is 25.9. The molecule has 2 aliphatic heterocycles. The van der Waals surface area contributed by atoms with Crippen molar-refractivity contribution < 1.29 is 18.7 Å². The summed E-state index contributed by atoms with van der Waals surface area (Å²) in [5.74, 6) is -0.304. The monoisotopic (exact) mass is 439 g/mol. The van der Waals surface area contributed by atoms with Crippen molar-refractivity contribution in [3.63, 3.8) is 0 Å². The van der Waals surface area contributed by atoms with Crippen molar-refractivity contribution >= 4 is 17.5 Å². The fraction of sp³-hybridized carbons (Fsp3) is 0.682. The number of carbonyl (C=O) groups excluding carboxylic acids is 1. The molecule has 2 atom stereocenters. The van der Waals surface area contributed by atoms with Crippen LogP contribution in [0, 0.1) is 5.82 Å². The molecule has 0 unspecified atom stereocenters. The van der Waals surface area contributed by atoms with Crippen LogP contribution in [0.1, 0.15) is 37.8 Å². The third-order valence-corrected chi connectivity index (χ3v) is 7.05. The lowest BCUT2D eigenvalue weighted by molar-refractivity contribution is -0.145. The van der Waals surface area contributed by atoms with Crippen LogP contribution in [0.5, 0.6) is 0 Å². The molecule has 0 bridgehead atoms. The van der Waals surface area contributed by atoms with E-state index < -0.39 is 5.54 Å². The Morgan fingerprint density at radius 2 is 2.07 bits per heavy atom. The number of ether oxygens (including phenoxy) is 2.